The number of carbonyl (C=O) groups excluding carboxylic acids is 1. The van der Waals surface area contributed by atoms with Crippen LogP contribution in [0.25, 0.3) is 22.5 Å². The monoisotopic (exact) mass is 526 g/mol. The second kappa shape index (κ2) is 10.3. The first-order valence-corrected chi connectivity index (χ1v) is 12.1. The fourth-order valence-corrected chi connectivity index (χ4v) is 3.99. The van der Waals surface area contributed by atoms with Gasteiger partial charge in [0.2, 0.25) is 5.71 Å². The van der Waals surface area contributed by atoms with Crippen molar-refractivity contribution in [3.63, 3.8) is 0 Å². The molecule has 1 aliphatic rings. The number of anilines is 2. The third-order valence-electron chi connectivity index (χ3n) is 6.09. The number of nitrogens with zero attached hydrogens (tertiary/aromatic N) is 7. The van der Waals surface area contributed by atoms with Crippen LogP contribution in [0.3, 0.4) is 0 Å². The van der Waals surface area contributed by atoms with Gasteiger partial charge in [0.25, 0.3) is 5.90 Å². The Morgan fingerprint density at radius 2 is 1.79 bits per heavy atom. The molecule has 1 aromatic heterocycles. The predicted octanol–water partition coefficient (Wildman–Crippen LogP) is 4.19. The van der Waals surface area contributed by atoms with Crippen LogP contribution in [0, 0.1) is 13.8 Å². The molecule has 0 aliphatic carbocycles. The number of hydrogen-bond donors (Lipinski definition) is 3. The molecule has 12 heteroatoms. The number of hydrazone groups is 2. The fraction of sp³-hybridized carbons (Fsp3) is 0.185. The quantitative estimate of drug-likeness (QED) is 0.316. The zero-order chi connectivity index (χ0) is 27.7. The van der Waals surface area contributed by atoms with E-state index in [1.165, 1.54) is 11.1 Å². The number of amides is 1. The summed E-state index contributed by atoms with van der Waals surface area (Å²) >= 11 is 0. The van der Waals surface area contributed by atoms with Crippen molar-refractivity contribution in [3.8, 4) is 28.3 Å². The Hall–Kier alpha value is -5.10. The van der Waals surface area contributed by atoms with Crippen LogP contribution in [0.4, 0.5) is 11.4 Å². The summed E-state index contributed by atoms with van der Waals surface area (Å²) in [6.45, 7) is 7.49. The van der Waals surface area contributed by atoms with Crippen LogP contribution in [0.15, 0.2) is 70.9 Å². The Balaban J connectivity index is 1.49. The van der Waals surface area contributed by atoms with Crippen molar-refractivity contribution in [2.24, 2.45) is 10.2 Å². The highest BCUT2D eigenvalue weighted by Crippen LogP contribution is 2.38. The van der Waals surface area contributed by atoms with Crippen molar-refractivity contribution in [2.45, 2.75) is 33.8 Å². The number of rotatable bonds is 6. The molecule has 3 aromatic carbocycles. The highest BCUT2D eigenvalue weighted by atomic mass is 16.5. The van der Waals surface area contributed by atoms with Crippen molar-refractivity contribution in [1.82, 2.24) is 20.6 Å². The topological polar surface area (TPSA) is 152 Å². The number of H-pyrrole nitrogens is 1. The number of nitrogens with one attached hydrogen (secondary N) is 1. The van der Waals surface area contributed by atoms with Gasteiger partial charge in [-0.15, -0.1) is 20.5 Å². The minimum atomic E-state index is -0.586. The molecule has 3 N–H and O–H groups in total. The van der Waals surface area contributed by atoms with Crippen LogP contribution in [-0.4, -0.2) is 54.6 Å². The molecule has 4 aromatic rings. The van der Waals surface area contributed by atoms with Gasteiger partial charge in [-0.2, -0.15) is 5.01 Å². The molecule has 12 nitrogen and oxygen atoms in total. The molecule has 0 bridgehead atoms. The molecule has 2 heterocycles. The first kappa shape index (κ1) is 25.5. The van der Waals surface area contributed by atoms with Gasteiger partial charge in [-0.3, -0.25) is 10.0 Å². The van der Waals surface area contributed by atoms with Crippen LogP contribution < -0.4 is 10.2 Å². The largest absolute Gasteiger partial charge is 0.505 e. The second-order valence-electron chi connectivity index (χ2n) is 9.20. The van der Waals surface area contributed by atoms with Gasteiger partial charge in [0.1, 0.15) is 5.69 Å². The summed E-state index contributed by atoms with van der Waals surface area (Å²) in [6, 6.07) is 17.5. The third-order valence-corrected chi connectivity index (χ3v) is 6.09. The lowest BCUT2D eigenvalue weighted by Crippen LogP contribution is -2.31. The summed E-state index contributed by atoms with van der Waals surface area (Å²) in [5.41, 5.74) is 4.10. The number of para-hydroxylation sites is 1. The molecule has 0 radical (unpaired) electrons. The van der Waals surface area contributed by atoms with Crippen molar-refractivity contribution < 1.29 is 19.8 Å². The Morgan fingerprint density at radius 3 is 2.51 bits per heavy atom. The van der Waals surface area contributed by atoms with Crippen LogP contribution in [0.2, 0.25) is 0 Å². The maximum Gasteiger partial charge on any atom is 0.305 e. The normalized spacial score (nSPS) is 14.3. The van der Waals surface area contributed by atoms with Crippen molar-refractivity contribution in [1.29, 1.82) is 0 Å². The van der Waals surface area contributed by atoms with E-state index in [0.717, 1.165) is 11.1 Å². The van der Waals surface area contributed by atoms with E-state index in [0.29, 0.717) is 33.4 Å². The molecular weight excluding hydrogens is 500 g/mol. The maximum atomic E-state index is 13.4. The molecule has 39 heavy (non-hydrogen) atoms. The van der Waals surface area contributed by atoms with Crippen LogP contribution >= 0.6 is 0 Å². The number of hydrogen-bond acceptors (Lipinski definition) is 10. The van der Waals surface area contributed by atoms with Crippen molar-refractivity contribution in [2.75, 3.05) is 10.2 Å². The number of aromatic hydroxyl groups is 1. The van der Waals surface area contributed by atoms with Gasteiger partial charge in [0, 0.05) is 11.1 Å². The first-order chi connectivity index (χ1) is 18.7. The van der Waals surface area contributed by atoms with E-state index in [1.807, 2.05) is 32.0 Å². The Labute approximate surface area is 223 Å². The number of carbonyl (C=O) groups is 1. The van der Waals surface area contributed by atoms with E-state index < -0.39 is 5.91 Å². The lowest BCUT2D eigenvalue weighted by Gasteiger charge is -2.16. The van der Waals surface area contributed by atoms with Gasteiger partial charge in [-0.05, 0) is 79.1 Å². The summed E-state index contributed by atoms with van der Waals surface area (Å²) in [6.07, 6.45) is -0.308. The van der Waals surface area contributed by atoms with Gasteiger partial charge in [-0.25, -0.2) is 5.10 Å². The highest BCUT2D eigenvalue weighted by molar-refractivity contribution is 6.70. The lowest BCUT2D eigenvalue weighted by atomic mass is 10.0. The number of aromatic nitrogens is 4. The molecule has 0 saturated carbocycles. The van der Waals surface area contributed by atoms with Gasteiger partial charge >= 0.3 is 5.91 Å². The molecule has 1 amide bonds. The van der Waals surface area contributed by atoms with Crippen molar-refractivity contribution in [3.05, 3.63) is 71.8 Å². The van der Waals surface area contributed by atoms with Gasteiger partial charge in [-0.1, -0.05) is 36.4 Å². The smallest absolute Gasteiger partial charge is 0.305 e. The fourth-order valence-electron chi connectivity index (χ4n) is 3.99. The van der Waals surface area contributed by atoms with Crippen LogP contribution in [0.1, 0.15) is 25.0 Å². The second-order valence-corrected chi connectivity index (χ2v) is 9.20. The highest BCUT2D eigenvalue weighted by Gasteiger charge is 2.36. The summed E-state index contributed by atoms with van der Waals surface area (Å²) < 4.78 is 5.75. The lowest BCUT2D eigenvalue weighted by molar-refractivity contribution is -0.112. The Kier molecular flexibility index (Phi) is 6.77. The van der Waals surface area contributed by atoms with Gasteiger partial charge in [0.15, 0.2) is 11.6 Å². The van der Waals surface area contributed by atoms with Crippen LogP contribution in [0.5, 0.6) is 5.75 Å². The summed E-state index contributed by atoms with van der Waals surface area (Å²) in [5.74, 6) is -0.419. The van der Waals surface area contributed by atoms with E-state index in [-0.39, 0.29) is 29.2 Å². The van der Waals surface area contributed by atoms with E-state index in [1.54, 1.807) is 50.2 Å². The van der Waals surface area contributed by atoms with Crippen LogP contribution in [-0.2, 0) is 9.53 Å². The van der Waals surface area contributed by atoms with Gasteiger partial charge < -0.3 is 9.84 Å². The zero-order valence-corrected chi connectivity index (χ0v) is 21.7. The maximum absolute atomic E-state index is 13.4. The van der Waals surface area contributed by atoms with Crippen molar-refractivity contribution >= 4 is 28.9 Å². The molecule has 0 spiro atoms. The average Bonchev–Trinajstić information content (AvgIpc) is 3.55. The number of phenolic OH excluding ortho intramolecular Hbond substituents is 1. The Morgan fingerprint density at radius 1 is 1.03 bits per heavy atom. The molecule has 0 saturated heterocycles. The predicted molar refractivity (Wildman–Crippen MR) is 145 cm³/mol. The first-order valence-electron chi connectivity index (χ1n) is 12.1. The molecule has 0 atom stereocenters. The summed E-state index contributed by atoms with van der Waals surface area (Å²) in [7, 11) is 0. The van der Waals surface area contributed by atoms with E-state index in [9.17, 15) is 15.1 Å². The standard InChI is InChI=1S/C27H26N8O4/c1-15(2)39-26-23(27(37)34(31-26)20-12-11-16(3)17(4)13-20)30-35(38)22-10-6-9-21(24(22)36)18-7-5-8-19(14-18)25-28-32-33-29-25/h5-15,36,38H,1-4H3,(H,28,29,32,33). The molecule has 0 unspecified atom stereocenters. The molecular formula is C27H26N8O4. The van der Waals surface area contributed by atoms with E-state index in [4.69, 9.17) is 4.74 Å². The number of ether oxygens (including phenoxy) is 1. The number of phenols is 1. The molecule has 198 valence electrons. The average molecular weight is 527 g/mol. The zero-order valence-electron chi connectivity index (χ0n) is 21.7. The minimum absolute atomic E-state index is 0.0451. The number of aromatic amines is 1. The number of aryl methyl sites for hydroxylation is 2. The molecule has 1 aliphatic heterocycles. The number of benzene rings is 3. The molecule has 0 fully saturated rings. The number of tetrazole rings is 1. The minimum Gasteiger partial charge on any atom is -0.505 e. The Bertz CT molecular complexity index is 1600. The molecule has 5 rings (SSSR count). The SMILES string of the molecule is Cc1ccc(N2N=C(OC(C)C)C(=NN(O)c3cccc(-c4cccc(-c5nnn[nH]5)c4)c3O)C2=O)cc1C. The van der Waals surface area contributed by atoms with E-state index in [2.05, 4.69) is 30.8 Å². The van der Waals surface area contributed by atoms with Gasteiger partial charge in [0.05, 0.1) is 11.8 Å². The summed E-state index contributed by atoms with van der Waals surface area (Å²) in [5, 5.41) is 45.9. The van der Waals surface area contributed by atoms with E-state index >= 15 is 0 Å². The summed E-state index contributed by atoms with van der Waals surface area (Å²) in [4.78, 5) is 13.4. The third kappa shape index (κ3) is 5.05.